The fourth-order valence-electron chi connectivity index (χ4n) is 3.59. The number of nitrogens with zero attached hydrogens (tertiary/aromatic N) is 1. The maximum absolute atomic E-state index is 12.8. The van der Waals surface area contributed by atoms with Crippen LogP contribution in [0.1, 0.15) is 30.2 Å². The number of carbonyl (C=O) groups excluding carboxylic acids is 2. The van der Waals surface area contributed by atoms with E-state index in [2.05, 4.69) is 5.32 Å². The Labute approximate surface area is 155 Å². The van der Waals surface area contributed by atoms with Crippen LogP contribution in [0.25, 0.3) is 0 Å². The Balaban J connectivity index is 1.99. The van der Waals surface area contributed by atoms with Crippen LogP contribution in [0.2, 0.25) is 0 Å². The van der Waals surface area contributed by atoms with Gasteiger partial charge in [0.25, 0.3) is 0 Å². The second-order valence-electron chi connectivity index (χ2n) is 6.13. The normalized spacial score (nSPS) is 19.8. The first-order chi connectivity index (χ1) is 12.2. The number of para-hydroxylation sites is 2. The maximum Gasteiger partial charge on any atom is 0.242 e. The fraction of sp³-hybridized carbons (Fsp3) is 0.263. The number of hydrogen-bond donors (Lipinski definition) is 1. The number of nitrogens with one attached hydrogen (secondary N) is 1. The Kier molecular flexibility index (Phi) is 4.36. The summed E-state index contributed by atoms with van der Waals surface area (Å²) >= 11 is 7.49. The van der Waals surface area contributed by atoms with Crippen LogP contribution in [0.15, 0.2) is 53.0 Å². The first-order valence-corrected chi connectivity index (χ1v) is 9.66. The number of hydrogen-bond acceptors (Lipinski definition) is 4. The minimum atomic E-state index is -0.426. The van der Waals surface area contributed by atoms with Gasteiger partial charge in [-0.15, -0.1) is 22.9 Å². The van der Waals surface area contributed by atoms with Crippen LogP contribution in [0.5, 0.6) is 0 Å². The van der Waals surface area contributed by atoms with Crippen molar-refractivity contribution in [1.29, 1.82) is 0 Å². The van der Waals surface area contributed by atoms with Gasteiger partial charge in [0, 0.05) is 22.6 Å². The van der Waals surface area contributed by atoms with Gasteiger partial charge in [-0.2, -0.15) is 0 Å². The van der Waals surface area contributed by atoms with Crippen LogP contribution in [-0.2, 0) is 9.59 Å². The van der Waals surface area contributed by atoms with Crippen LogP contribution >= 0.6 is 22.9 Å². The highest BCUT2D eigenvalue weighted by Gasteiger charge is 2.39. The van der Waals surface area contributed by atoms with Crippen LogP contribution in [0.4, 0.5) is 11.4 Å². The fourth-order valence-corrected chi connectivity index (χ4v) is 4.54. The molecule has 4 nitrogen and oxygen atoms in total. The van der Waals surface area contributed by atoms with E-state index in [1.165, 1.54) is 0 Å². The molecule has 0 radical (unpaired) electrons. The number of alkyl halides is 1. The molecular formula is C19H17ClN2O2S. The van der Waals surface area contributed by atoms with Crippen molar-refractivity contribution in [3.05, 3.63) is 57.9 Å². The lowest BCUT2D eigenvalue weighted by Crippen LogP contribution is -2.38. The van der Waals surface area contributed by atoms with Crippen molar-refractivity contribution in [2.45, 2.75) is 25.3 Å². The monoisotopic (exact) mass is 372 g/mol. The van der Waals surface area contributed by atoms with Gasteiger partial charge in [0.05, 0.1) is 11.4 Å². The van der Waals surface area contributed by atoms with Crippen molar-refractivity contribution >= 4 is 46.0 Å². The lowest BCUT2D eigenvalue weighted by Gasteiger charge is -2.32. The van der Waals surface area contributed by atoms with E-state index in [1.54, 1.807) is 16.2 Å². The van der Waals surface area contributed by atoms with Crippen molar-refractivity contribution in [2.75, 3.05) is 16.1 Å². The molecule has 25 heavy (non-hydrogen) atoms. The Bertz CT molecular complexity index is 860. The van der Waals surface area contributed by atoms with Gasteiger partial charge >= 0.3 is 0 Å². The predicted molar refractivity (Wildman–Crippen MR) is 101 cm³/mol. The van der Waals surface area contributed by atoms with Crippen molar-refractivity contribution in [1.82, 2.24) is 0 Å². The first-order valence-electron chi connectivity index (χ1n) is 8.24. The highest BCUT2D eigenvalue weighted by Crippen LogP contribution is 2.45. The summed E-state index contributed by atoms with van der Waals surface area (Å²) in [7, 11) is 0. The van der Waals surface area contributed by atoms with E-state index in [0.29, 0.717) is 12.0 Å². The minimum absolute atomic E-state index is 0.104. The molecule has 1 aromatic heterocycles. The molecule has 1 atom stereocenters. The van der Waals surface area contributed by atoms with Gasteiger partial charge in [0.1, 0.15) is 11.9 Å². The van der Waals surface area contributed by atoms with E-state index in [9.17, 15) is 9.59 Å². The molecular weight excluding hydrogens is 356 g/mol. The lowest BCUT2D eigenvalue weighted by molar-refractivity contribution is -0.117. The van der Waals surface area contributed by atoms with Crippen LogP contribution in [-0.4, -0.2) is 17.6 Å². The maximum atomic E-state index is 12.8. The number of carbonyl (C=O) groups is 2. The SMILES string of the molecule is O=C1CCCC2=C1[C@H](c1cccs1)N(C(=O)CCl)c1ccccc1N2. The van der Waals surface area contributed by atoms with E-state index in [4.69, 9.17) is 11.6 Å². The molecule has 128 valence electrons. The summed E-state index contributed by atoms with van der Waals surface area (Å²) in [6, 6.07) is 11.1. The van der Waals surface area contributed by atoms with Crippen LogP contribution in [0.3, 0.4) is 0 Å². The highest BCUT2D eigenvalue weighted by molar-refractivity contribution is 7.10. The van der Waals surface area contributed by atoms with Gasteiger partial charge in [0.15, 0.2) is 5.78 Å². The Hall–Kier alpha value is -2.11. The number of anilines is 2. The number of allylic oxidation sites excluding steroid dienone is 1. The van der Waals surface area contributed by atoms with Gasteiger partial charge in [-0.05, 0) is 36.4 Å². The molecule has 0 bridgehead atoms. The number of Topliss-reactive ketones (excluding diaryl/α,β-unsaturated/α-hetero) is 1. The number of thiophene rings is 1. The molecule has 0 saturated carbocycles. The standard InChI is InChI=1S/C19H17ClN2O2S/c20-11-17(24)22-14-7-2-1-5-12(14)21-13-6-3-8-15(23)18(13)19(22)16-9-4-10-25-16/h1-2,4-5,7,9-10,19,21H,3,6,8,11H2/t19-/m0/s1. The second kappa shape index (κ2) is 6.65. The van der Waals surface area contributed by atoms with Gasteiger partial charge < -0.3 is 5.32 Å². The second-order valence-corrected chi connectivity index (χ2v) is 7.37. The molecule has 2 aliphatic rings. The molecule has 2 heterocycles. The quantitative estimate of drug-likeness (QED) is 0.790. The molecule has 1 aliphatic heterocycles. The van der Waals surface area contributed by atoms with Crippen LogP contribution < -0.4 is 10.2 Å². The molecule has 1 amide bonds. The average Bonchev–Trinajstić information content (AvgIpc) is 3.10. The number of ketones is 1. The Morgan fingerprint density at radius 2 is 2.08 bits per heavy atom. The number of halogens is 1. The largest absolute Gasteiger partial charge is 0.357 e. The number of benzene rings is 1. The zero-order chi connectivity index (χ0) is 17.4. The number of amides is 1. The number of fused-ring (bicyclic) bond motifs is 1. The first kappa shape index (κ1) is 16.4. The third-order valence-corrected chi connectivity index (χ3v) is 5.79. The molecule has 1 aliphatic carbocycles. The topological polar surface area (TPSA) is 49.4 Å². The van der Waals surface area contributed by atoms with Crippen molar-refractivity contribution in [3.8, 4) is 0 Å². The molecule has 6 heteroatoms. The van der Waals surface area contributed by atoms with Crippen molar-refractivity contribution in [2.24, 2.45) is 0 Å². The number of rotatable bonds is 2. The van der Waals surface area contributed by atoms with Gasteiger partial charge in [-0.1, -0.05) is 18.2 Å². The summed E-state index contributed by atoms with van der Waals surface area (Å²) in [6.07, 6.45) is 2.15. The summed E-state index contributed by atoms with van der Waals surface area (Å²) in [5.74, 6) is -0.235. The van der Waals surface area contributed by atoms with Crippen LogP contribution in [0, 0.1) is 0 Å². The summed E-state index contributed by atoms with van der Waals surface area (Å²) in [4.78, 5) is 28.3. The zero-order valence-corrected chi connectivity index (χ0v) is 15.1. The highest BCUT2D eigenvalue weighted by atomic mass is 35.5. The van der Waals surface area contributed by atoms with E-state index in [1.807, 2.05) is 41.8 Å². The summed E-state index contributed by atoms with van der Waals surface area (Å²) in [5.41, 5.74) is 3.21. The summed E-state index contributed by atoms with van der Waals surface area (Å²) in [6.45, 7) is 0. The molecule has 2 aromatic rings. The van der Waals surface area contributed by atoms with Crippen molar-refractivity contribution < 1.29 is 9.59 Å². The third kappa shape index (κ3) is 2.77. The zero-order valence-electron chi connectivity index (χ0n) is 13.5. The summed E-state index contributed by atoms with van der Waals surface area (Å²) < 4.78 is 0. The molecule has 0 unspecified atom stereocenters. The molecule has 1 N–H and O–H groups in total. The van der Waals surface area contributed by atoms with E-state index >= 15 is 0 Å². The lowest BCUT2D eigenvalue weighted by atomic mass is 9.88. The van der Waals surface area contributed by atoms with E-state index < -0.39 is 6.04 Å². The molecule has 0 spiro atoms. The van der Waals surface area contributed by atoms with E-state index in [0.717, 1.165) is 34.8 Å². The van der Waals surface area contributed by atoms with Gasteiger partial charge in [0.2, 0.25) is 5.91 Å². The van der Waals surface area contributed by atoms with Crippen molar-refractivity contribution in [3.63, 3.8) is 0 Å². The molecule has 4 rings (SSSR count). The smallest absolute Gasteiger partial charge is 0.242 e. The molecule has 0 fully saturated rings. The molecule has 0 saturated heterocycles. The van der Waals surface area contributed by atoms with Gasteiger partial charge in [-0.3, -0.25) is 14.5 Å². The van der Waals surface area contributed by atoms with Gasteiger partial charge in [-0.25, -0.2) is 0 Å². The third-order valence-electron chi connectivity index (χ3n) is 4.63. The Morgan fingerprint density at radius 1 is 1.24 bits per heavy atom. The average molecular weight is 373 g/mol. The summed E-state index contributed by atoms with van der Waals surface area (Å²) in [5, 5.41) is 5.39. The molecule has 1 aromatic carbocycles. The predicted octanol–water partition coefficient (Wildman–Crippen LogP) is 4.49. The Morgan fingerprint density at radius 3 is 2.84 bits per heavy atom. The minimum Gasteiger partial charge on any atom is -0.357 e. The van der Waals surface area contributed by atoms with E-state index in [-0.39, 0.29) is 17.6 Å².